The van der Waals surface area contributed by atoms with Crippen molar-refractivity contribution in [3.8, 4) is 22.1 Å². The van der Waals surface area contributed by atoms with E-state index in [0.29, 0.717) is 24.5 Å². The Balaban J connectivity index is 1.59. The maximum absolute atomic E-state index is 12.9. The third-order valence-corrected chi connectivity index (χ3v) is 6.92. The van der Waals surface area contributed by atoms with E-state index in [1.807, 2.05) is 19.4 Å². The summed E-state index contributed by atoms with van der Waals surface area (Å²) in [4.78, 5) is 29.1. The number of rotatable bonds is 4. The molecule has 0 spiro atoms. The summed E-state index contributed by atoms with van der Waals surface area (Å²) in [5, 5.41) is 10.3. The first-order valence-electron chi connectivity index (χ1n) is 11.1. The average Bonchev–Trinajstić information content (AvgIpc) is 3.42. The monoisotopic (exact) mass is 453 g/mol. The van der Waals surface area contributed by atoms with Gasteiger partial charge in [-0.1, -0.05) is 19.8 Å². The van der Waals surface area contributed by atoms with Gasteiger partial charge in [0.25, 0.3) is 0 Å². The molecular weight excluding hydrogens is 426 g/mol. The van der Waals surface area contributed by atoms with Gasteiger partial charge in [0, 0.05) is 25.2 Å². The van der Waals surface area contributed by atoms with Crippen LogP contribution in [0.5, 0.6) is 0 Å². The third-order valence-electron chi connectivity index (χ3n) is 6.14. The molecule has 2 aliphatic heterocycles. The number of thiazole rings is 1. The van der Waals surface area contributed by atoms with Gasteiger partial charge < -0.3 is 15.0 Å². The molecule has 1 unspecified atom stereocenters. The summed E-state index contributed by atoms with van der Waals surface area (Å²) in [5.74, 6) is 1.32. The summed E-state index contributed by atoms with van der Waals surface area (Å²) in [6.45, 7) is 3.40. The first-order chi connectivity index (χ1) is 15.7. The number of nitrogens with zero attached hydrogens (tertiary/aromatic N) is 6. The summed E-state index contributed by atoms with van der Waals surface area (Å²) in [7, 11) is 1.89. The average molecular weight is 454 g/mol. The topological polar surface area (TPSA) is 98.1 Å². The van der Waals surface area contributed by atoms with Crippen molar-refractivity contribution in [2.24, 2.45) is 7.05 Å². The Morgan fingerprint density at radius 3 is 2.97 bits per heavy atom. The molecular formula is C22H27N7O2S. The molecule has 0 radical (unpaired) electrons. The van der Waals surface area contributed by atoms with Gasteiger partial charge in [-0.05, 0) is 19.3 Å². The molecule has 168 valence electrons. The van der Waals surface area contributed by atoms with Gasteiger partial charge in [-0.3, -0.25) is 9.48 Å². The van der Waals surface area contributed by atoms with Crippen molar-refractivity contribution < 1.29 is 9.53 Å². The molecule has 0 saturated carbocycles. The number of carbonyl (C=O) groups is 1. The SMILES string of the molecule is CC[C@@H]1C(=O)Nc2cnc(-c3cnn(C)c3-c3nccs3)nc2N1C1CCCCCOC1. The van der Waals surface area contributed by atoms with Crippen LogP contribution in [-0.2, 0) is 16.6 Å². The zero-order chi connectivity index (χ0) is 22.1. The first kappa shape index (κ1) is 21.0. The number of carbonyl (C=O) groups excluding carboxylic acids is 1. The molecule has 1 fully saturated rings. The van der Waals surface area contributed by atoms with Crippen LogP contribution in [0.4, 0.5) is 11.5 Å². The molecule has 9 nitrogen and oxygen atoms in total. The van der Waals surface area contributed by atoms with Crippen LogP contribution in [0, 0.1) is 0 Å². The summed E-state index contributed by atoms with van der Waals surface area (Å²) in [5.41, 5.74) is 2.35. The molecule has 0 aliphatic carbocycles. The second-order valence-electron chi connectivity index (χ2n) is 8.20. The molecule has 0 aromatic carbocycles. The van der Waals surface area contributed by atoms with Crippen molar-refractivity contribution >= 4 is 28.7 Å². The van der Waals surface area contributed by atoms with Crippen molar-refractivity contribution in [2.45, 2.75) is 51.1 Å². The minimum atomic E-state index is -0.286. The zero-order valence-corrected chi connectivity index (χ0v) is 19.1. The van der Waals surface area contributed by atoms with Gasteiger partial charge in [-0.25, -0.2) is 15.0 Å². The van der Waals surface area contributed by atoms with E-state index < -0.39 is 0 Å². The zero-order valence-electron chi connectivity index (χ0n) is 18.3. The normalized spacial score (nSPS) is 21.6. The van der Waals surface area contributed by atoms with Crippen LogP contribution in [0.25, 0.3) is 22.1 Å². The van der Waals surface area contributed by atoms with E-state index in [0.717, 1.165) is 54.4 Å². The number of ether oxygens (including phenoxy) is 1. The van der Waals surface area contributed by atoms with Crippen LogP contribution in [0.2, 0.25) is 0 Å². The van der Waals surface area contributed by atoms with Gasteiger partial charge in [0.1, 0.15) is 22.4 Å². The van der Waals surface area contributed by atoms with E-state index in [9.17, 15) is 4.79 Å². The Labute approximate surface area is 190 Å². The predicted octanol–water partition coefficient (Wildman–Crippen LogP) is 3.50. The molecule has 3 aromatic rings. The molecule has 2 atom stereocenters. The minimum Gasteiger partial charge on any atom is -0.379 e. The van der Waals surface area contributed by atoms with Crippen LogP contribution in [0.15, 0.2) is 24.0 Å². The lowest BCUT2D eigenvalue weighted by Crippen LogP contribution is -2.54. The Kier molecular flexibility index (Phi) is 5.88. The second kappa shape index (κ2) is 8.95. The second-order valence-corrected chi connectivity index (χ2v) is 9.09. The highest BCUT2D eigenvalue weighted by atomic mass is 32.1. The van der Waals surface area contributed by atoms with Crippen LogP contribution in [0.1, 0.15) is 39.0 Å². The Hall–Kier alpha value is -2.85. The molecule has 1 N–H and O–H groups in total. The Bertz CT molecular complexity index is 1090. The van der Waals surface area contributed by atoms with E-state index in [4.69, 9.17) is 9.72 Å². The van der Waals surface area contributed by atoms with E-state index in [1.165, 1.54) is 0 Å². The number of nitrogens with one attached hydrogen (secondary N) is 1. The van der Waals surface area contributed by atoms with Crippen molar-refractivity contribution in [2.75, 3.05) is 23.4 Å². The number of hydrogen-bond donors (Lipinski definition) is 1. The number of hydrogen-bond acceptors (Lipinski definition) is 8. The molecule has 5 heterocycles. The molecule has 1 saturated heterocycles. The van der Waals surface area contributed by atoms with Crippen molar-refractivity contribution in [1.29, 1.82) is 0 Å². The van der Waals surface area contributed by atoms with E-state index >= 15 is 0 Å². The van der Waals surface area contributed by atoms with Gasteiger partial charge in [-0.15, -0.1) is 11.3 Å². The highest BCUT2D eigenvalue weighted by Gasteiger charge is 2.38. The maximum atomic E-state index is 12.9. The fourth-order valence-corrected chi connectivity index (χ4v) is 5.29. The third kappa shape index (κ3) is 3.77. The summed E-state index contributed by atoms with van der Waals surface area (Å²) < 4.78 is 7.73. The van der Waals surface area contributed by atoms with Crippen molar-refractivity contribution in [3.05, 3.63) is 24.0 Å². The smallest absolute Gasteiger partial charge is 0.247 e. The highest BCUT2D eigenvalue weighted by molar-refractivity contribution is 7.13. The van der Waals surface area contributed by atoms with E-state index in [1.54, 1.807) is 34.6 Å². The lowest BCUT2D eigenvalue weighted by Gasteiger charge is -2.42. The van der Waals surface area contributed by atoms with E-state index in [2.05, 4.69) is 25.3 Å². The Morgan fingerprint density at radius 1 is 1.25 bits per heavy atom. The van der Waals surface area contributed by atoms with Gasteiger partial charge in [0.05, 0.1) is 30.6 Å². The predicted molar refractivity (Wildman–Crippen MR) is 124 cm³/mol. The summed E-state index contributed by atoms with van der Waals surface area (Å²) in [6, 6.07) is -0.189. The number of anilines is 2. The lowest BCUT2D eigenvalue weighted by molar-refractivity contribution is -0.118. The Morgan fingerprint density at radius 2 is 2.16 bits per heavy atom. The van der Waals surface area contributed by atoms with E-state index in [-0.39, 0.29) is 18.0 Å². The summed E-state index contributed by atoms with van der Waals surface area (Å²) >= 11 is 1.55. The standard InChI is InChI=1S/C22H27N7O2S/c1-3-17-21(30)26-16-12-24-19(15-11-25-28(2)18(15)22-23-8-10-32-22)27-20(16)29(17)14-7-5-4-6-9-31-13-14/h8,10-12,14,17H,3-7,9,13H2,1-2H3,(H,26,30)/t14?,17-/m1/s1. The van der Waals surface area contributed by atoms with Crippen molar-refractivity contribution in [3.63, 3.8) is 0 Å². The molecule has 1 amide bonds. The van der Waals surface area contributed by atoms with Crippen LogP contribution < -0.4 is 10.2 Å². The van der Waals surface area contributed by atoms with Gasteiger partial charge in [0.2, 0.25) is 5.91 Å². The molecule has 3 aromatic heterocycles. The van der Waals surface area contributed by atoms with Crippen LogP contribution in [0.3, 0.4) is 0 Å². The summed E-state index contributed by atoms with van der Waals surface area (Å²) in [6.07, 6.45) is 10.3. The number of fused-ring (bicyclic) bond motifs is 1. The molecule has 2 aliphatic rings. The largest absolute Gasteiger partial charge is 0.379 e. The first-order valence-corrected chi connectivity index (χ1v) is 12.0. The highest BCUT2D eigenvalue weighted by Crippen LogP contribution is 2.37. The fraction of sp³-hybridized carbons (Fsp3) is 0.500. The lowest BCUT2D eigenvalue weighted by atomic mass is 10.0. The van der Waals surface area contributed by atoms with Crippen LogP contribution >= 0.6 is 11.3 Å². The molecule has 0 bridgehead atoms. The maximum Gasteiger partial charge on any atom is 0.247 e. The van der Waals surface area contributed by atoms with Crippen molar-refractivity contribution in [1.82, 2.24) is 24.7 Å². The van der Waals surface area contributed by atoms with Crippen LogP contribution in [-0.4, -0.2) is 55.9 Å². The minimum absolute atomic E-state index is 0.0109. The number of amides is 1. The molecule has 5 rings (SSSR count). The number of aryl methyl sites for hydroxylation is 1. The quantitative estimate of drug-likeness (QED) is 0.646. The molecule has 10 heteroatoms. The fourth-order valence-electron chi connectivity index (χ4n) is 4.57. The van der Waals surface area contributed by atoms with Gasteiger partial charge >= 0.3 is 0 Å². The van der Waals surface area contributed by atoms with Gasteiger partial charge in [-0.2, -0.15) is 5.10 Å². The number of aromatic nitrogens is 5. The van der Waals surface area contributed by atoms with Gasteiger partial charge in [0.15, 0.2) is 11.6 Å². The molecule has 32 heavy (non-hydrogen) atoms.